The summed E-state index contributed by atoms with van der Waals surface area (Å²) in [6.07, 6.45) is 0. The molecule has 29 heavy (non-hydrogen) atoms. The summed E-state index contributed by atoms with van der Waals surface area (Å²) >= 11 is 6.15. The van der Waals surface area contributed by atoms with Crippen LogP contribution in [0, 0.1) is 31.0 Å². The molecule has 1 aromatic heterocycles. The molecular weight excluding hydrogens is 421 g/mol. The zero-order valence-electron chi connectivity index (χ0n) is 15.1. The van der Waals surface area contributed by atoms with E-state index in [0.29, 0.717) is 11.3 Å². The Morgan fingerprint density at radius 1 is 1.24 bits per heavy atom. The van der Waals surface area contributed by atoms with Gasteiger partial charge in [-0.3, -0.25) is 4.79 Å². The molecule has 1 amide bonds. The molecule has 0 unspecified atom stereocenters. The minimum Gasteiger partial charge on any atom is -0.266 e. The molecule has 1 heterocycles. The third-order valence-electron chi connectivity index (χ3n) is 4.08. The van der Waals surface area contributed by atoms with Gasteiger partial charge >= 0.3 is 0 Å². The first-order valence-electron chi connectivity index (χ1n) is 8.09. The van der Waals surface area contributed by atoms with Crippen molar-refractivity contribution in [1.82, 2.24) is 19.7 Å². The van der Waals surface area contributed by atoms with Gasteiger partial charge in [-0.05, 0) is 49.7 Å². The summed E-state index contributed by atoms with van der Waals surface area (Å²) in [5, 5.41) is 16.7. The first kappa shape index (κ1) is 20.4. The molecule has 0 radical (unpaired) electrons. The van der Waals surface area contributed by atoms with E-state index in [1.54, 1.807) is 0 Å². The minimum absolute atomic E-state index is 0.201. The van der Waals surface area contributed by atoms with Crippen LogP contribution in [0.25, 0.3) is 5.69 Å². The number of nitriles is 1. The second-order valence-corrected chi connectivity index (χ2v) is 8.12. The van der Waals surface area contributed by atoms with Crippen LogP contribution in [0.1, 0.15) is 27.3 Å². The van der Waals surface area contributed by atoms with Crippen molar-refractivity contribution in [1.29, 1.82) is 5.26 Å². The quantitative estimate of drug-likeness (QED) is 0.675. The summed E-state index contributed by atoms with van der Waals surface area (Å²) in [7, 11) is -4.33. The fourth-order valence-corrected chi connectivity index (χ4v) is 4.08. The van der Waals surface area contributed by atoms with Crippen LogP contribution in [0.2, 0.25) is 5.02 Å². The summed E-state index contributed by atoms with van der Waals surface area (Å²) in [6.45, 7) is 2.98. The summed E-state index contributed by atoms with van der Waals surface area (Å²) < 4.78 is 41.6. The van der Waals surface area contributed by atoms with Gasteiger partial charge in [0.2, 0.25) is 0 Å². The first-order chi connectivity index (χ1) is 13.6. The summed E-state index contributed by atoms with van der Waals surface area (Å²) in [5.74, 6) is -1.77. The van der Waals surface area contributed by atoms with Gasteiger partial charge in [0.25, 0.3) is 15.9 Å². The van der Waals surface area contributed by atoms with Crippen LogP contribution >= 0.6 is 11.6 Å². The highest BCUT2D eigenvalue weighted by Crippen LogP contribution is 2.23. The van der Waals surface area contributed by atoms with Crippen LogP contribution in [0.4, 0.5) is 4.39 Å². The van der Waals surface area contributed by atoms with Crippen LogP contribution < -0.4 is 4.72 Å². The Hall–Kier alpha value is -3.29. The van der Waals surface area contributed by atoms with E-state index in [0.717, 1.165) is 12.1 Å². The number of sulfonamides is 1. The second-order valence-electron chi connectivity index (χ2n) is 6.06. The zero-order chi connectivity index (χ0) is 21.3. The maximum Gasteiger partial charge on any atom is 0.287 e. The van der Waals surface area contributed by atoms with Crippen molar-refractivity contribution in [3.63, 3.8) is 0 Å². The first-order valence-corrected chi connectivity index (χ1v) is 9.96. The molecule has 3 rings (SSSR count). The van der Waals surface area contributed by atoms with Crippen LogP contribution in [0.5, 0.6) is 0 Å². The van der Waals surface area contributed by atoms with Crippen LogP contribution in [-0.2, 0) is 10.0 Å². The number of amides is 1. The van der Waals surface area contributed by atoms with Gasteiger partial charge in [0.05, 0.1) is 32.9 Å². The Bertz CT molecular complexity index is 1280. The molecular formula is C18H13ClFN5O3S. The monoisotopic (exact) mass is 433 g/mol. The molecule has 11 heteroatoms. The van der Waals surface area contributed by atoms with Crippen molar-refractivity contribution in [3.8, 4) is 11.8 Å². The number of benzene rings is 2. The summed E-state index contributed by atoms with van der Waals surface area (Å²) in [4.78, 5) is 12.1. The Kier molecular flexibility index (Phi) is 5.37. The van der Waals surface area contributed by atoms with Gasteiger partial charge in [0.1, 0.15) is 5.82 Å². The average molecular weight is 434 g/mol. The van der Waals surface area contributed by atoms with E-state index in [4.69, 9.17) is 16.9 Å². The van der Waals surface area contributed by atoms with Crippen molar-refractivity contribution in [2.75, 3.05) is 0 Å². The van der Waals surface area contributed by atoms with Crippen molar-refractivity contribution in [3.05, 3.63) is 69.8 Å². The predicted molar refractivity (Wildman–Crippen MR) is 102 cm³/mol. The highest BCUT2D eigenvalue weighted by molar-refractivity contribution is 7.90. The number of carbonyl (C=O) groups is 1. The second kappa shape index (κ2) is 7.62. The highest BCUT2D eigenvalue weighted by atomic mass is 35.5. The lowest BCUT2D eigenvalue weighted by Crippen LogP contribution is -2.32. The van der Waals surface area contributed by atoms with E-state index in [9.17, 15) is 17.6 Å². The Morgan fingerprint density at radius 2 is 1.97 bits per heavy atom. The standard InChI is InChI=1S/C18H13ClFN5O3S/c1-10-3-5-13(20)8-16(10)29(27,28)23-18(26)17-11(2)25(24-22-17)15-6-4-12(9-21)7-14(15)19/h3-8H,1-2H3,(H,23,26). The number of rotatable bonds is 4. The molecule has 0 aliphatic rings. The lowest BCUT2D eigenvalue weighted by molar-refractivity contribution is 0.0976. The molecule has 0 aliphatic carbocycles. The molecule has 2 aromatic carbocycles. The van der Waals surface area contributed by atoms with Gasteiger partial charge in [-0.15, -0.1) is 5.10 Å². The van der Waals surface area contributed by atoms with Crippen LogP contribution in [0.3, 0.4) is 0 Å². The summed E-state index contributed by atoms with van der Waals surface area (Å²) in [5.41, 5.74) is 0.948. The zero-order valence-corrected chi connectivity index (χ0v) is 16.7. The van der Waals surface area contributed by atoms with Gasteiger partial charge in [-0.25, -0.2) is 22.2 Å². The normalized spacial score (nSPS) is 11.1. The van der Waals surface area contributed by atoms with Crippen molar-refractivity contribution in [2.45, 2.75) is 18.7 Å². The molecule has 0 fully saturated rings. The predicted octanol–water partition coefficient (Wildman–Crippen LogP) is 2.67. The molecule has 0 saturated carbocycles. The highest BCUT2D eigenvalue weighted by Gasteiger charge is 2.25. The van der Waals surface area contributed by atoms with Crippen LogP contribution in [0.15, 0.2) is 41.3 Å². The van der Waals surface area contributed by atoms with Crippen molar-refractivity contribution >= 4 is 27.5 Å². The molecule has 3 aromatic rings. The van der Waals surface area contributed by atoms with Crippen molar-refractivity contribution in [2.24, 2.45) is 0 Å². The van der Waals surface area contributed by atoms with Crippen LogP contribution in [-0.4, -0.2) is 29.3 Å². The Morgan fingerprint density at radius 3 is 2.62 bits per heavy atom. The SMILES string of the molecule is Cc1ccc(F)cc1S(=O)(=O)NC(=O)c1nnn(-c2ccc(C#N)cc2Cl)c1C. The van der Waals surface area contributed by atoms with Gasteiger partial charge in [-0.2, -0.15) is 5.26 Å². The third-order valence-corrected chi connectivity index (χ3v) is 5.86. The molecule has 1 N–H and O–H groups in total. The number of carbonyl (C=O) groups excluding carboxylic acids is 1. The summed E-state index contributed by atoms with van der Waals surface area (Å²) in [6, 6.07) is 9.65. The molecule has 0 saturated heterocycles. The minimum atomic E-state index is -4.33. The Labute approximate surface area is 170 Å². The van der Waals surface area contributed by atoms with Gasteiger partial charge in [-0.1, -0.05) is 22.9 Å². The van der Waals surface area contributed by atoms with Gasteiger partial charge in [0.15, 0.2) is 5.69 Å². The van der Waals surface area contributed by atoms with E-state index in [2.05, 4.69) is 10.3 Å². The van der Waals surface area contributed by atoms with E-state index < -0.39 is 21.7 Å². The van der Waals surface area contributed by atoms with E-state index in [1.807, 2.05) is 10.8 Å². The fraction of sp³-hybridized carbons (Fsp3) is 0.111. The fourth-order valence-electron chi connectivity index (χ4n) is 2.60. The smallest absolute Gasteiger partial charge is 0.266 e. The van der Waals surface area contributed by atoms with E-state index >= 15 is 0 Å². The largest absolute Gasteiger partial charge is 0.287 e. The van der Waals surface area contributed by atoms with Gasteiger partial charge in [0, 0.05) is 0 Å². The number of hydrogen-bond donors (Lipinski definition) is 1. The molecule has 0 atom stereocenters. The molecule has 148 valence electrons. The lowest BCUT2D eigenvalue weighted by atomic mass is 10.2. The number of nitrogens with zero attached hydrogens (tertiary/aromatic N) is 4. The molecule has 0 bridgehead atoms. The maximum atomic E-state index is 13.4. The number of hydrogen-bond acceptors (Lipinski definition) is 6. The van der Waals surface area contributed by atoms with Crippen molar-refractivity contribution < 1.29 is 17.6 Å². The number of nitrogens with one attached hydrogen (secondary N) is 1. The molecule has 0 spiro atoms. The van der Waals surface area contributed by atoms with E-state index in [-0.39, 0.29) is 26.9 Å². The maximum absolute atomic E-state index is 13.4. The lowest BCUT2D eigenvalue weighted by Gasteiger charge is -2.09. The number of aryl methyl sites for hydroxylation is 1. The number of halogens is 2. The average Bonchev–Trinajstić information content (AvgIpc) is 3.04. The third kappa shape index (κ3) is 3.96. The molecule has 0 aliphatic heterocycles. The number of aromatic nitrogens is 3. The molecule has 8 nitrogen and oxygen atoms in total. The van der Waals surface area contributed by atoms with E-state index in [1.165, 1.54) is 42.8 Å². The van der Waals surface area contributed by atoms with Gasteiger partial charge < -0.3 is 0 Å². The Balaban J connectivity index is 1.94. The topological polar surface area (TPSA) is 118 Å².